The molecule has 0 radical (unpaired) electrons. The molecule has 16 heavy (non-hydrogen) atoms. The third-order valence-electron chi connectivity index (χ3n) is 3.31. The highest BCUT2D eigenvalue weighted by Gasteiger charge is 2.29. The molecule has 0 aromatic heterocycles. The van der Waals surface area contributed by atoms with Crippen molar-refractivity contribution in [3.8, 4) is 0 Å². The van der Waals surface area contributed by atoms with E-state index in [2.05, 4.69) is 31.3 Å². The molecule has 0 spiro atoms. The van der Waals surface area contributed by atoms with E-state index in [0.717, 1.165) is 25.7 Å². The Morgan fingerprint density at radius 2 is 2.31 bits per heavy atom. The van der Waals surface area contributed by atoms with Crippen LogP contribution in [0.1, 0.15) is 39.5 Å². The molecule has 0 aliphatic heterocycles. The van der Waals surface area contributed by atoms with Crippen molar-refractivity contribution < 1.29 is 9.53 Å². The Balaban J connectivity index is 2.62. The van der Waals surface area contributed by atoms with Crippen molar-refractivity contribution in [1.29, 1.82) is 0 Å². The molecule has 0 bridgehead atoms. The quantitative estimate of drug-likeness (QED) is 0.576. The van der Waals surface area contributed by atoms with Gasteiger partial charge < -0.3 is 10.1 Å². The minimum absolute atomic E-state index is 0.124. The average molecular weight is 225 g/mol. The van der Waals surface area contributed by atoms with Crippen molar-refractivity contribution in [3.63, 3.8) is 0 Å². The summed E-state index contributed by atoms with van der Waals surface area (Å²) in [6.07, 6.45) is 8.50. The Hall–Kier alpha value is -0.830. The summed E-state index contributed by atoms with van der Waals surface area (Å²) >= 11 is 0. The van der Waals surface area contributed by atoms with E-state index in [0.29, 0.717) is 12.0 Å². The van der Waals surface area contributed by atoms with Gasteiger partial charge in [0.1, 0.15) is 6.04 Å². The van der Waals surface area contributed by atoms with Crippen LogP contribution in [0.5, 0.6) is 0 Å². The van der Waals surface area contributed by atoms with Crippen LogP contribution in [0.3, 0.4) is 0 Å². The van der Waals surface area contributed by atoms with E-state index >= 15 is 0 Å². The fourth-order valence-electron chi connectivity index (χ4n) is 2.07. The van der Waals surface area contributed by atoms with E-state index in [-0.39, 0.29) is 12.0 Å². The number of ether oxygens (including phenoxy) is 1. The number of carbonyl (C=O) groups is 1. The third kappa shape index (κ3) is 3.63. The van der Waals surface area contributed by atoms with Crippen LogP contribution >= 0.6 is 0 Å². The number of esters is 1. The third-order valence-corrected chi connectivity index (χ3v) is 3.31. The van der Waals surface area contributed by atoms with Crippen molar-refractivity contribution in [2.75, 3.05) is 7.11 Å². The van der Waals surface area contributed by atoms with Crippen LogP contribution < -0.4 is 5.32 Å². The lowest BCUT2D eigenvalue weighted by molar-refractivity contribution is -0.145. The van der Waals surface area contributed by atoms with E-state index < -0.39 is 0 Å². The lowest BCUT2D eigenvalue weighted by atomic mass is 9.87. The SMILES string of the molecule is CCC(C)NC(C(=O)OC)C1CC=CCC1. The van der Waals surface area contributed by atoms with Gasteiger partial charge in [-0.25, -0.2) is 0 Å². The number of hydrogen-bond acceptors (Lipinski definition) is 3. The maximum atomic E-state index is 11.8. The largest absolute Gasteiger partial charge is 0.468 e. The number of allylic oxidation sites excluding steroid dienone is 2. The molecule has 0 fully saturated rings. The van der Waals surface area contributed by atoms with Crippen molar-refractivity contribution in [3.05, 3.63) is 12.2 Å². The number of carbonyl (C=O) groups excluding carboxylic acids is 1. The molecule has 1 aliphatic rings. The van der Waals surface area contributed by atoms with E-state index in [1.807, 2.05) is 0 Å². The van der Waals surface area contributed by atoms with Gasteiger partial charge in [-0.2, -0.15) is 0 Å². The van der Waals surface area contributed by atoms with E-state index in [9.17, 15) is 4.79 Å². The predicted molar refractivity (Wildman–Crippen MR) is 65.2 cm³/mol. The minimum Gasteiger partial charge on any atom is -0.468 e. The molecule has 0 aromatic carbocycles. The zero-order valence-corrected chi connectivity index (χ0v) is 10.5. The summed E-state index contributed by atoms with van der Waals surface area (Å²) in [5.41, 5.74) is 0. The van der Waals surface area contributed by atoms with Crippen molar-refractivity contribution in [2.24, 2.45) is 5.92 Å². The fraction of sp³-hybridized carbons (Fsp3) is 0.769. The second-order valence-electron chi connectivity index (χ2n) is 4.52. The van der Waals surface area contributed by atoms with Crippen LogP contribution in [0, 0.1) is 5.92 Å². The Labute approximate surface area is 98.2 Å². The summed E-state index contributed by atoms with van der Waals surface area (Å²) in [5, 5.41) is 3.38. The molecule has 92 valence electrons. The van der Waals surface area contributed by atoms with Crippen molar-refractivity contribution >= 4 is 5.97 Å². The van der Waals surface area contributed by atoms with Crippen LogP contribution in [0.25, 0.3) is 0 Å². The van der Waals surface area contributed by atoms with Crippen LogP contribution in [-0.4, -0.2) is 25.2 Å². The second-order valence-corrected chi connectivity index (χ2v) is 4.52. The molecule has 0 amide bonds. The van der Waals surface area contributed by atoms with Gasteiger partial charge in [-0.1, -0.05) is 19.1 Å². The molecule has 3 nitrogen and oxygen atoms in total. The topological polar surface area (TPSA) is 38.3 Å². The maximum absolute atomic E-state index is 11.8. The number of nitrogens with one attached hydrogen (secondary N) is 1. The normalized spacial score (nSPS) is 23.8. The molecule has 0 aromatic rings. The summed E-state index contributed by atoms with van der Waals surface area (Å²) in [6.45, 7) is 4.22. The van der Waals surface area contributed by atoms with Gasteiger partial charge in [0.2, 0.25) is 0 Å². The van der Waals surface area contributed by atoms with Crippen LogP contribution in [0.15, 0.2) is 12.2 Å². The molecule has 0 saturated heterocycles. The minimum atomic E-state index is -0.148. The first-order valence-corrected chi connectivity index (χ1v) is 6.17. The standard InChI is InChI=1S/C13H23NO2/c1-4-10(2)14-12(13(15)16-3)11-8-6-5-7-9-11/h5-6,10-12,14H,4,7-9H2,1-3H3. The van der Waals surface area contributed by atoms with Gasteiger partial charge in [-0.3, -0.25) is 4.79 Å². The summed E-state index contributed by atoms with van der Waals surface area (Å²) in [5.74, 6) is 0.257. The molecule has 3 heteroatoms. The van der Waals surface area contributed by atoms with Gasteiger partial charge in [0, 0.05) is 6.04 Å². The monoisotopic (exact) mass is 225 g/mol. The van der Waals surface area contributed by atoms with E-state index in [4.69, 9.17) is 4.74 Å². The number of methoxy groups -OCH3 is 1. The highest BCUT2D eigenvalue weighted by molar-refractivity contribution is 5.76. The predicted octanol–water partition coefficient (Wildman–Crippen LogP) is 2.27. The van der Waals surface area contributed by atoms with Gasteiger partial charge in [-0.15, -0.1) is 0 Å². The number of hydrogen-bond donors (Lipinski definition) is 1. The van der Waals surface area contributed by atoms with E-state index in [1.165, 1.54) is 7.11 Å². The fourth-order valence-corrected chi connectivity index (χ4v) is 2.07. The van der Waals surface area contributed by atoms with Gasteiger partial charge in [0.05, 0.1) is 7.11 Å². The molecular weight excluding hydrogens is 202 g/mol. The van der Waals surface area contributed by atoms with Gasteiger partial charge in [0.15, 0.2) is 0 Å². The smallest absolute Gasteiger partial charge is 0.323 e. The summed E-state index contributed by atoms with van der Waals surface area (Å²) in [4.78, 5) is 11.8. The summed E-state index contributed by atoms with van der Waals surface area (Å²) < 4.78 is 4.89. The average Bonchev–Trinajstić information content (AvgIpc) is 2.35. The molecule has 0 saturated carbocycles. The zero-order valence-electron chi connectivity index (χ0n) is 10.5. The molecule has 0 heterocycles. The molecule has 1 rings (SSSR count). The first kappa shape index (κ1) is 13.2. The van der Waals surface area contributed by atoms with Gasteiger partial charge >= 0.3 is 5.97 Å². The first-order chi connectivity index (χ1) is 7.69. The Bertz CT molecular complexity index is 250. The Morgan fingerprint density at radius 1 is 1.56 bits per heavy atom. The highest BCUT2D eigenvalue weighted by Crippen LogP contribution is 2.23. The lowest BCUT2D eigenvalue weighted by Crippen LogP contribution is -2.47. The van der Waals surface area contributed by atoms with Crippen LogP contribution in [0.4, 0.5) is 0 Å². The molecule has 3 atom stereocenters. The Morgan fingerprint density at radius 3 is 2.81 bits per heavy atom. The van der Waals surface area contributed by atoms with Crippen LogP contribution in [0.2, 0.25) is 0 Å². The first-order valence-electron chi connectivity index (χ1n) is 6.17. The van der Waals surface area contributed by atoms with Crippen molar-refractivity contribution in [1.82, 2.24) is 5.32 Å². The van der Waals surface area contributed by atoms with Crippen LogP contribution in [-0.2, 0) is 9.53 Å². The maximum Gasteiger partial charge on any atom is 0.323 e. The second kappa shape index (κ2) is 6.69. The van der Waals surface area contributed by atoms with Crippen molar-refractivity contribution in [2.45, 2.75) is 51.6 Å². The Kier molecular flexibility index (Phi) is 5.53. The number of rotatable bonds is 5. The zero-order chi connectivity index (χ0) is 12.0. The molecule has 1 aliphatic carbocycles. The van der Waals surface area contributed by atoms with Gasteiger partial charge in [-0.05, 0) is 38.5 Å². The molecular formula is C13H23NO2. The summed E-state index contributed by atoms with van der Waals surface area (Å²) in [6, 6.07) is 0.208. The summed E-state index contributed by atoms with van der Waals surface area (Å²) in [7, 11) is 1.46. The highest BCUT2D eigenvalue weighted by atomic mass is 16.5. The van der Waals surface area contributed by atoms with E-state index in [1.54, 1.807) is 0 Å². The lowest BCUT2D eigenvalue weighted by Gasteiger charge is -2.29. The molecule has 3 unspecified atom stereocenters. The molecule has 1 N–H and O–H groups in total. The van der Waals surface area contributed by atoms with Gasteiger partial charge in [0.25, 0.3) is 0 Å².